The molecule has 0 aromatic rings. The minimum Gasteiger partial charge on any atom is -0.0821 e. The highest BCUT2D eigenvalue weighted by molar-refractivity contribution is 5.23. The molecule has 0 saturated heterocycles. The summed E-state index contributed by atoms with van der Waals surface area (Å²) in [4.78, 5) is 0. The number of allylic oxidation sites excluding steroid dienone is 2. The molecule has 2 aliphatic rings. The predicted molar refractivity (Wildman–Crippen MR) is 43.8 cm³/mol. The minimum atomic E-state index is 0.615. The highest BCUT2D eigenvalue weighted by Crippen LogP contribution is 2.54. The monoisotopic (exact) mass is 136 g/mol. The highest BCUT2D eigenvalue weighted by Gasteiger charge is 2.43. The van der Waals surface area contributed by atoms with E-state index >= 15 is 0 Å². The van der Waals surface area contributed by atoms with Gasteiger partial charge in [-0.3, -0.25) is 0 Å². The second-order valence-electron chi connectivity index (χ2n) is 4.66. The van der Waals surface area contributed by atoms with Crippen molar-refractivity contribution in [1.29, 1.82) is 0 Å². The fourth-order valence-corrected chi connectivity index (χ4v) is 2.86. The molecule has 0 amide bonds. The summed E-state index contributed by atoms with van der Waals surface area (Å²) < 4.78 is 0. The summed E-state index contributed by atoms with van der Waals surface area (Å²) in [7, 11) is 0. The Morgan fingerprint density at radius 2 is 2.20 bits per heavy atom. The fraction of sp³-hybridized carbons (Fsp3) is 0.800. The number of fused-ring (bicyclic) bond motifs is 2. The zero-order valence-corrected chi connectivity index (χ0v) is 7.15. The lowest BCUT2D eigenvalue weighted by Gasteiger charge is -2.31. The molecule has 0 aliphatic heterocycles. The smallest absolute Gasteiger partial charge is 0.0223 e. The second-order valence-corrected chi connectivity index (χ2v) is 4.66. The Kier molecular flexibility index (Phi) is 1.07. The van der Waals surface area contributed by atoms with Crippen molar-refractivity contribution in [3.05, 3.63) is 11.6 Å². The first-order chi connectivity index (χ1) is 4.59. The molecule has 0 spiro atoms. The van der Waals surface area contributed by atoms with E-state index in [1.54, 1.807) is 5.57 Å². The van der Waals surface area contributed by atoms with Crippen molar-refractivity contribution in [2.45, 2.75) is 33.6 Å². The summed E-state index contributed by atoms with van der Waals surface area (Å²) in [5.74, 6) is 1.82. The Labute approximate surface area is 63.3 Å². The molecule has 2 unspecified atom stereocenters. The molecule has 0 aromatic carbocycles. The maximum atomic E-state index is 2.48. The Morgan fingerprint density at radius 1 is 1.50 bits per heavy atom. The first-order valence-electron chi connectivity index (χ1n) is 4.29. The van der Waals surface area contributed by atoms with Gasteiger partial charge in [0, 0.05) is 0 Å². The van der Waals surface area contributed by atoms with Crippen LogP contribution in [0, 0.1) is 17.3 Å². The lowest BCUT2D eigenvalue weighted by molar-refractivity contribution is 0.212. The molecule has 0 radical (unpaired) electrons. The van der Waals surface area contributed by atoms with Crippen LogP contribution in [0.2, 0.25) is 0 Å². The molecular formula is C10H16. The molecule has 56 valence electrons. The Balaban J connectivity index is 2.32. The van der Waals surface area contributed by atoms with Crippen molar-refractivity contribution in [3.63, 3.8) is 0 Å². The van der Waals surface area contributed by atoms with Crippen molar-refractivity contribution in [2.24, 2.45) is 17.3 Å². The van der Waals surface area contributed by atoms with E-state index in [4.69, 9.17) is 0 Å². The third-order valence-electron chi connectivity index (χ3n) is 3.30. The van der Waals surface area contributed by atoms with Gasteiger partial charge in [0.25, 0.3) is 0 Å². The van der Waals surface area contributed by atoms with Gasteiger partial charge in [-0.1, -0.05) is 32.4 Å². The topological polar surface area (TPSA) is 0 Å². The molecule has 1 saturated carbocycles. The van der Waals surface area contributed by atoms with E-state index in [9.17, 15) is 0 Å². The van der Waals surface area contributed by atoms with Gasteiger partial charge in [0.15, 0.2) is 0 Å². The molecular weight excluding hydrogens is 120 g/mol. The van der Waals surface area contributed by atoms with Crippen LogP contribution in [0.4, 0.5) is 0 Å². The normalized spacial score (nSPS) is 42.1. The maximum Gasteiger partial charge on any atom is -0.0223 e. The van der Waals surface area contributed by atoms with Gasteiger partial charge in [0.1, 0.15) is 0 Å². The van der Waals surface area contributed by atoms with E-state index in [1.807, 2.05) is 0 Å². The van der Waals surface area contributed by atoms with Crippen LogP contribution >= 0.6 is 0 Å². The van der Waals surface area contributed by atoms with Crippen LogP contribution in [-0.2, 0) is 0 Å². The van der Waals surface area contributed by atoms with Gasteiger partial charge in [0.2, 0.25) is 0 Å². The van der Waals surface area contributed by atoms with Crippen molar-refractivity contribution < 1.29 is 0 Å². The SMILES string of the molecule is CC1C=C2CC1C(C)(C)C2. The van der Waals surface area contributed by atoms with Crippen molar-refractivity contribution in [3.8, 4) is 0 Å². The van der Waals surface area contributed by atoms with Crippen LogP contribution in [0.1, 0.15) is 33.6 Å². The molecule has 10 heavy (non-hydrogen) atoms. The van der Waals surface area contributed by atoms with Gasteiger partial charge >= 0.3 is 0 Å². The number of hydrogen-bond acceptors (Lipinski definition) is 0. The first-order valence-corrected chi connectivity index (χ1v) is 4.29. The lowest BCUT2D eigenvalue weighted by Crippen LogP contribution is -2.23. The van der Waals surface area contributed by atoms with E-state index in [0.29, 0.717) is 5.41 Å². The summed E-state index contributed by atoms with van der Waals surface area (Å²) in [5.41, 5.74) is 2.34. The molecule has 2 atom stereocenters. The standard InChI is InChI=1S/C10H16/c1-7-4-8-5-9(7)10(2,3)6-8/h4,7,9H,5-6H2,1-3H3. The quantitative estimate of drug-likeness (QED) is 0.449. The van der Waals surface area contributed by atoms with Crippen LogP contribution in [0.5, 0.6) is 0 Å². The van der Waals surface area contributed by atoms with Gasteiger partial charge in [-0.05, 0) is 30.1 Å². The Bertz CT molecular complexity index is 186. The van der Waals surface area contributed by atoms with Crippen molar-refractivity contribution in [1.82, 2.24) is 0 Å². The second kappa shape index (κ2) is 1.66. The summed E-state index contributed by atoms with van der Waals surface area (Å²) in [5, 5.41) is 0. The Morgan fingerprint density at radius 3 is 2.50 bits per heavy atom. The number of hydrogen-bond donors (Lipinski definition) is 0. The zero-order chi connectivity index (χ0) is 7.35. The molecule has 0 nitrogen and oxygen atoms in total. The average Bonchev–Trinajstić information content (AvgIpc) is 2.18. The fourth-order valence-electron chi connectivity index (χ4n) is 2.86. The maximum absolute atomic E-state index is 2.48. The van der Waals surface area contributed by atoms with Gasteiger partial charge in [-0.25, -0.2) is 0 Å². The summed E-state index contributed by atoms with van der Waals surface area (Å²) >= 11 is 0. The summed E-state index contributed by atoms with van der Waals surface area (Å²) in [6, 6.07) is 0. The molecule has 2 aliphatic carbocycles. The molecule has 0 heterocycles. The first kappa shape index (κ1) is 6.45. The minimum absolute atomic E-state index is 0.615. The van der Waals surface area contributed by atoms with E-state index in [0.717, 1.165) is 11.8 Å². The average molecular weight is 136 g/mol. The Hall–Kier alpha value is -0.260. The largest absolute Gasteiger partial charge is 0.0821 e. The third-order valence-corrected chi connectivity index (χ3v) is 3.30. The predicted octanol–water partition coefficient (Wildman–Crippen LogP) is 3.00. The molecule has 0 aromatic heterocycles. The van der Waals surface area contributed by atoms with Crippen LogP contribution in [0.25, 0.3) is 0 Å². The number of rotatable bonds is 0. The van der Waals surface area contributed by atoms with Gasteiger partial charge in [-0.2, -0.15) is 0 Å². The van der Waals surface area contributed by atoms with E-state index in [-0.39, 0.29) is 0 Å². The molecule has 0 N–H and O–H groups in total. The van der Waals surface area contributed by atoms with Gasteiger partial charge in [-0.15, -0.1) is 0 Å². The summed E-state index contributed by atoms with van der Waals surface area (Å²) in [6.45, 7) is 7.18. The highest BCUT2D eigenvalue weighted by atomic mass is 14.5. The third kappa shape index (κ3) is 0.680. The van der Waals surface area contributed by atoms with Crippen LogP contribution in [0.3, 0.4) is 0 Å². The van der Waals surface area contributed by atoms with E-state index < -0.39 is 0 Å². The molecule has 2 bridgehead atoms. The molecule has 2 rings (SSSR count). The van der Waals surface area contributed by atoms with Crippen molar-refractivity contribution in [2.75, 3.05) is 0 Å². The molecule has 1 fully saturated rings. The van der Waals surface area contributed by atoms with Crippen LogP contribution < -0.4 is 0 Å². The van der Waals surface area contributed by atoms with E-state index in [2.05, 4.69) is 26.8 Å². The van der Waals surface area contributed by atoms with Gasteiger partial charge < -0.3 is 0 Å². The van der Waals surface area contributed by atoms with E-state index in [1.165, 1.54) is 12.8 Å². The summed E-state index contributed by atoms with van der Waals surface area (Å²) in [6.07, 6.45) is 5.24. The lowest BCUT2D eigenvalue weighted by atomic mass is 9.74. The zero-order valence-electron chi connectivity index (χ0n) is 7.15. The molecule has 0 heteroatoms. The van der Waals surface area contributed by atoms with Gasteiger partial charge in [0.05, 0.1) is 0 Å². The van der Waals surface area contributed by atoms with Crippen LogP contribution in [0.15, 0.2) is 11.6 Å². The van der Waals surface area contributed by atoms with Crippen LogP contribution in [-0.4, -0.2) is 0 Å². The van der Waals surface area contributed by atoms with Crippen molar-refractivity contribution >= 4 is 0 Å².